The van der Waals surface area contributed by atoms with Crippen molar-refractivity contribution in [1.29, 1.82) is 0 Å². The lowest BCUT2D eigenvalue weighted by molar-refractivity contribution is 0.200. The molecule has 0 saturated heterocycles. The van der Waals surface area contributed by atoms with Gasteiger partial charge >= 0.3 is 12.1 Å². The standard InChI is InChI=1S/C16H17N3O3/c20-15(19-13-7-3-1-4-8-13)17-11-12-18-16(21)22-14-9-5-2-6-10-14/h1-10H,11-12H2,(H,18,21)(H2,17,19,20). The van der Waals surface area contributed by atoms with Crippen molar-refractivity contribution in [3.8, 4) is 5.75 Å². The average molecular weight is 299 g/mol. The molecule has 0 heterocycles. The Morgan fingerprint density at radius 2 is 1.41 bits per heavy atom. The lowest BCUT2D eigenvalue weighted by Crippen LogP contribution is -2.37. The van der Waals surface area contributed by atoms with Crippen molar-refractivity contribution in [3.05, 3.63) is 60.7 Å². The van der Waals surface area contributed by atoms with E-state index in [1.54, 1.807) is 36.4 Å². The van der Waals surface area contributed by atoms with Gasteiger partial charge in [-0.15, -0.1) is 0 Å². The molecule has 0 atom stereocenters. The predicted molar refractivity (Wildman–Crippen MR) is 83.9 cm³/mol. The van der Waals surface area contributed by atoms with Gasteiger partial charge in [0.1, 0.15) is 5.75 Å². The van der Waals surface area contributed by atoms with Gasteiger partial charge < -0.3 is 20.7 Å². The second-order valence-corrected chi connectivity index (χ2v) is 4.38. The van der Waals surface area contributed by atoms with Crippen molar-refractivity contribution in [2.45, 2.75) is 0 Å². The fourth-order valence-corrected chi connectivity index (χ4v) is 1.67. The molecule has 6 heteroatoms. The van der Waals surface area contributed by atoms with Crippen LogP contribution < -0.4 is 20.7 Å². The molecule has 0 aromatic heterocycles. The Morgan fingerprint density at radius 3 is 2.09 bits per heavy atom. The Balaban J connectivity index is 1.60. The van der Waals surface area contributed by atoms with Crippen LogP contribution in [-0.4, -0.2) is 25.2 Å². The van der Waals surface area contributed by atoms with Crippen molar-refractivity contribution < 1.29 is 14.3 Å². The Bertz CT molecular complexity index is 547. The third-order valence-corrected chi connectivity index (χ3v) is 2.67. The molecule has 0 bridgehead atoms. The molecule has 0 aliphatic heterocycles. The zero-order chi connectivity index (χ0) is 15.6. The van der Waals surface area contributed by atoms with E-state index in [4.69, 9.17) is 4.74 Å². The summed E-state index contributed by atoms with van der Waals surface area (Å²) in [6.07, 6.45) is -0.559. The SMILES string of the molecule is O=C(NCCNC(=O)Oc1ccccc1)Nc1ccccc1. The Morgan fingerprint density at radius 1 is 0.818 bits per heavy atom. The summed E-state index contributed by atoms with van der Waals surface area (Å²) in [5.74, 6) is 0.467. The molecule has 0 spiro atoms. The van der Waals surface area contributed by atoms with Gasteiger partial charge in [-0.2, -0.15) is 0 Å². The van der Waals surface area contributed by atoms with E-state index in [0.29, 0.717) is 18.0 Å². The van der Waals surface area contributed by atoms with Crippen molar-refractivity contribution in [3.63, 3.8) is 0 Å². The predicted octanol–water partition coefficient (Wildman–Crippen LogP) is 2.60. The summed E-state index contributed by atoms with van der Waals surface area (Å²) in [7, 11) is 0. The van der Waals surface area contributed by atoms with E-state index in [1.807, 2.05) is 24.3 Å². The van der Waals surface area contributed by atoms with Gasteiger partial charge in [0, 0.05) is 18.8 Å². The molecule has 0 fully saturated rings. The lowest BCUT2D eigenvalue weighted by atomic mass is 10.3. The number of hydrogen-bond donors (Lipinski definition) is 3. The third kappa shape index (κ3) is 5.54. The van der Waals surface area contributed by atoms with Crippen LogP contribution in [-0.2, 0) is 0 Å². The number of carbonyl (C=O) groups excluding carboxylic acids is 2. The first kappa shape index (κ1) is 15.4. The van der Waals surface area contributed by atoms with Crippen molar-refractivity contribution >= 4 is 17.8 Å². The highest BCUT2D eigenvalue weighted by atomic mass is 16.6. The summed E-state index contributed by atoms with van der Waals surface area (Å²) in [5, 5.41) is 7.85. The topological polar surface area (TPSA) is 79.5 Å². The monoisotopic (exact) mass is 299 g/mol. The molecule has 2 aromatic rings. The zero-order valence-electron chi connectivity index (χ0n) is 11.9. The van der Waals surface area contributed by atoms with Crippen LogP contribution in [0.15, 0.2) is 60.7 Å². The van der Waals surface area contributed by atoms with E-state index in [2.05, 4.69) is 16.0 Å². The minimum absolute atomic E-state index is 0.272. The van der Waals surface area contributed by atoms with Gasteiger partial charge in [-0.3, -0.25) is 0 Å². The Labute approximate surface area is 128 Å². The molecule has 2 aromatic carbocycles. The van der Waals surface area contributed by atoms with Gasteiger partial charge in [-0.25, -0.2) is 9.59 Å². The van der Waals surface area contributed by atoms with E-state index in [9.17, 15) is 9.59 Å². The van der Waals surface area contributed by atoms with E-state index in [0.717, 1.165) is 0 Å². The summed E-state index contributed by atoms with van der Waals surface area (Å²) >= 11 is 0. The van der Waals surface area contributed by atoms with Gasteiger partial charge in [-0.05, 0) is 24.3 Å². The molecule has 2 rings (SSSR count). The van der Waals surface area contributed by atoms with Crippen LogP contribution in [0.1, 0.15) is 0 Å². The number of benzene rings is 2. The number of carbonyl (C=O) groups is 2. The normalized spacial score (nSPS) is 9.64. The highest BCUT2D eigenvalue weighted by Crippen LogP contribution is 2.07. The zero-order valence-corrected chi connectivity index (χ0v) is 11.9. The molecular weight excluding hydrogens is 282 g/mol. The molecule has 3 N–H and O–H groups in total. The highest BCUT2D eigenvalue weighted by Gasteiger charge is 2.04. The first-order valence-electron chi connectivity index (χ1n) is 6.84. The largest absolute Gasteiger partial charge is 0.412 e. The van der Waals surface area contributed by atoms with Gasteiger partial charge in [0.05, 0.1) is 0 Å². The summed E-state index contributed by atoms with van der Waals surface area (Å²) < 4.78 is 5.04. The molecule has 0 aliphatic carbocycles. The van der Waals surface area contributed by atoms with Gasteiger partial charge in [0.2, 0.25) is 0 Å². The maximum atomic E-state index is 11.6. The summed E-state index contributed by atoms with van der Waals surface area (Å²) in [4.78, 5) is 23.1. The molecule has 22 heavy (non-hydrogen) atoms. The number of anilines is 1. The van der Waals surface area contributed by atoms with E-state index in [1.165, 1.54) is 0 Å². The van der Waals surface area contributed by atoms with Crippen molar-refractivity contribution in [2.75, 3.05) is 18.4 Å². The fourth-order valence-electron chi connectivity index (χ4n) is 1.67. The number of rotatable bonds is 5. The number of para-hydroxylation sites is 2. The molecule has 0 radical (unpaired) electrons. The number of hydrogen-bond acceptors (Lipinski definition) is 3. The van der Waals surface area contributed by atoms with Gasteiger partial charge in [-0.1, -0.05) is 36.4 Å². The minimum Gasteiger partial charge on any atom is -0.410 e. The maximum absolute atomic E-state index is 11.6. The first-order valence-corrected chi connectivity index (χ1v) is 6.84. The van der Waals surface area contributed by atoms with Crippen LogP contribution in [0.5, 0.6) is 5.75 Å². The molecule has 3 amide bonds. The van der Waals surface area contributed by atoms with Crippen LogP contribution in [0.2, 0.25) is 0 Å². The second-order valence-electron chi connectivity index (χ2n) is 4.38. The van der Waals surface area contributed by atoms with Crippen LogP contribution in [0, 0.1) is 0 Å². The highest BCUT2D eigenvalue weighted by molar-refractivity contribution is 5.89. The van der Waals surface area contributed by atoms with Crippen molar-refractivity contribution in [1.82, 2.24) is 10.6 Å². The minimum atomic E-state index is -0.559. The molecular formula is C16H17N3O3. The first-order chi connectivity index (χ1) is 10.7. The second kappa shape index (κ2) is 8.31. The third-order valence-electron chi connectivity index (χ3n) is 2.67. The van der Waals surface area contributed by atoms with Gasteiger partial charge in [0.15, 0.2) is 0 Å². The maximum Gasteiger partial charge on any atom is 0.412 e. The number of urea groups is 1. The Hall–Kier alpha value is -3.02. The van der Waals surface area contributed by atoms with Crippen LogP contribution in [0.3, 0.4) is 0 Å². The smallest absolute Gasteiger partial charge is 0.410 e. The molecule has 0 aliphatic rings. The Kier molecular flexibility index (Phi) is 5.80. The fraction of sp³-hybridized carbons (Fsp3) is 0.125. The number of nitrogens with one attached hydrogen (secondary N) is 3. The molecule has 6 nitrogen and oxygen atoms in total. The van der Waals surface area contributed by atoms with Crippen LogP contribution in [0.4, 0.5) is 15.3 Å². The molecule has 114 valence electrons. The van der Waals surface area contributed by atoms with E-state index >= 15 is 0 Å². The van der Waals surface area contributed by atoms with Crippen LogP contribution in [0.25, 0.3) is 0 Å². The number of ether oxygens (including phenoxy) is 1. The average Bonchev–Trinajstić information content (AvgIpc) is 2.53. The summed E-state index contributed by atoms with van der Waals surface area (Å²) in [6, 6.07) is 17.5. The molecule has 0 saturated carbocycles. The van der Waals surface area contributed by atoms with E-state index < -0.39 is 6.09 Å². The quantitative estimate of drug-likeness (QED) is 0.742. The summed E-state index contributed by atoms with van der Waals surface area (Å²) in [6.45, 7) is 0.566. The number of amides is 3. The lowest BCUT2D eigenvalue weighted by Gasteiger charge is -2.09. The molecule has 0 unspecified atom stereocenters. The summed E-state index contributed by atoms with van der Waals surface area (Å²) in [5.41, 5.74) is 0.705. The van der Waals surface area contributed by atoms with Crippen molar-refractivity contribution in [2.24, 2.45) is 0 Å². The van der Waals surface area contributed by atoms with E-state index in [-0.39, 0.29) is 12.6 Å². The van der Waals surface area contributed by atoms with Crippen LogP contribution >= 0.6 is 0 Å². The van der Waals surface area contributed by atoms with Gasteiger partial charge in [0.25, 0.3) is 0 Å².